The Morgan fingerprint density at radius 3 is 2.65 bits per heavy atom. The van der Waals surface area contributed by atoms with Gasteiger partial charge in [0.2, 0.25) is 0 Å². The first-order valence-electron chi connectivity index (χ1n) is 5.37. The van der Waals surface area contributed by atoms with E-state index in [1.54, 1.807) is 6.08 Å². The first-order chi connectivity index (χ1) is 8.27. The average molecular weight is 231 g/mol. The molecule has 1 rings (SSSR count). The molecule has 0 atom stereocenters. The first-order valence-corrected chi connectivity index (χ1v) is 5.37. The highest BCUT2D eigenvalue weighted by molar-refractivity contribution is 6.01. The fraction of sp³-hybridized carbons (Fsp3) is 0.214. The molecule has 3 heteroatoms. The van der Waals surface area contributed by atoms with E-state index in [-0.39, 0.29) is 0 Å². The Morgan fingerprint density at radius 1 is 1.35 bits per heavy atom. The van der Waals surface area contributed by atoms with Crippen molar-refractivity contribution in [2.45, 2.75) is 6.92 Å². The molecular formula is C14H17NO2. The van der Waals surface area contributed by atoms with Gasteiger partial charge in [0, 0.05) is 5.56 Å². The third-order valence-corrected chi connectivity index (χ3v) is 2.06. The number of nitrogens with zero attached hydrogens (tertiary/aromatic N) is 1. The molecule has 0 aliphatic rings. The van der Waals surface area contributed by atoms with Gasteiger partial charge in [-0.3, -0.25) is 0 Å². The Bertz CT molecular complexity index is 407. The Balaban J connectivity index is 2.69. The lowest BCUT2D eigenvalue weighted by Gasteiger charge is -2.08. The Morgan fingerprint density at radius 2 is 2.06 bits per heavy atom. The molecule has 90 valence electrons. The summed E-state index contributed by atoms with van der Waals surface area (Å²) in [5, 5.41) is 3.95. The molecule has 0 saturated heterocycles. The van der Waals surface area contributed by atoms with Crippen molar-refractivity contribution < 1.29 is 9.57 Å². The molecule has 0 N–H and O–H groups in total. The van der Waals surface area contributed by atoms with Crippen molar-refractivity contribution in [3.8, 4) is 0 Å². The topological polar surface area (TPSA) is 30.8 Å². The van der Waals surface area contributed by atoms with Crippen molar-refractivity contribution in [2.75, 3.05) is 13.7 Å². The molecular weight excluding hydrogens is 214 g/mol. The molecule has 0 spiro atoms. The zero-order valence-electron chi connectivity index (χ0n) is 10.2. The molecule has 0 aliphatic heterocycles. The van der Waals surface area contributed by atoms with Crippen molar-refractivity contribution >= 4 is 5.71 Å². The largest absolute Gasteiger partial charge is 0.488 e. The van der Waals surface area contributed by atoms with E-state index in [1.165, 1.54) is 7.11 Å². The Hall–Kier alpha value is -2.03. The summed E-state index contributed by atoms with van der Waals surface area (Å²) in [6.07, 6.45) is 3.67. The van der Waals surface area contributed by atoms with Crippen LogP contribution in [-0.4, -0.2) is 19.4 Å². The predicted octanol–water partition coefficient (Wildman–Crippen LogP) is 3.14. The number of benzene rings is 1. The number of hydrogen-bond acceptors (Lipinski definition) is 3. The highest BCUT2D eigenvalue weighted by atomic mass is 16.6. The van der Waals surface area contributed by atoms with Crippen LogP contribution in [0.2, 0.25) is 0 Å². The SMILES string of the molecule is C=C(/C=C\C)OC/C(=N\OC)c1ccccc1. The van der Waals surface area contributed by atoms with E-state index in [4.69, 9.17) is 9.57 Å². The number of ether oxygens (including phenoxy) is 1. The summed E-state index contributed by atoms with van der Waals surface area (Å²) in [6, 6.07) is 9.76. The minimum Gasteiger partial charge on any atom is -0.488 e. The minimum atomic E-state index is 0.334. The predicted molar refractivity (Wildman–Crippen MR) is 69.9 cm³/mol. The molecule has 0 aliphatic carbocycles. The van der Waals surface area contributed by atoms with Crippen molar-refractivity contribution in [1.29, 1.82) is 0 Å². The van der Waals surface area contributed by atoms with Crippen molar-refractivity contribution in [2.24, 2.45) is 5.16 Å². The monoisotopic (exact) mass is 231 g/mol. The summed E-state index contributed by atoms with van der Waals surface area (Å²) < 4.78 is 5.46. The Kier molecular flexibility index (Phi) is 5.58. The minimum absolute atomic E-state index is 0.334. The van der Waals surface area contributed by atoms with Gasteiger partial charge >= 0.3 is 0 Å². The van der Waals surface area contributed by atoms with Crippen LogP contribution in [0, 0.1) is 0 Å². The molecule has 0 unspecified atom stereocenters. The summed E-state index contributed by atoms with van der Waals surface area (Å²) in [6.45, 7) is 6.01. The average Bonchev–Trinajstić information content (AvgIpc) is 2.36. The van der Waals surface area contributed by atoms with E-state index in [0.717, 1.165) is 11.3 Å². The number of rotatable bonds is 6. The molecule has 0 heterocycles. The standard InChI is InChI=1S/C14H17NO2/c1-4-8-12(2)17-11-14(15-16-3)13-9-6-5-7-10-13/h4-10H,2,11H2,1,3H3/b8-4-,15-14+. The van der Waals surface area contributed by atoms with E-state index < -0.39 is 0 Å². The van der Waals surface area contributed by atoms with Gasteiger partial charge in [0.25, 0.3) is 0 Å². The summed E-state index contributed by atoms with van der Waals surface area (Å²) in [5.41, 5.74) is 1.71. The van der Waals surface area contributed by atoms with E-state index in [2.05, 4.69) is 11.7 Å². The van der Waals surface area contributed by atoms with Gasteiger partial charge in [0.05, 0.1) is 0 Å². The molecule has 1 aromatic rings. The smallest absolute Gasteiger partial charge is 0.134 e. The molecule has 0 bridgehead atoms. The summed E-state index contributed by atoms with van der Waals surface area (Å²) in [4.78, 5) is 4.81. The molecule has 0 saturated carbocycles. The van der Waals surface area contributed by atoms with E-state index in [1.807, 2.05) is 43.3 Å². The van der Waals surface area contributed by atoms with Gasteiger partial charge in [0.15, 0.2) is 0 Å². The van der Waals surface area contributed by atoms with Crippen LogP contribution in [0.3, 0.4) is 0 Å². The van der Waals surface area contributed by atoms with Gasteiger partial charge in [-0.2, -0.15) is 0 Å². The van der Waals surface area contributed by atoms with E-state index in [0.29, 0.717) is 12.4 Å². The number of hydrogen-bond donors (Lipinski definition) is 0. The zero-order chi connectivity index (χ0) is 12.5. The van der Waals surface area contributed by atoms with Crippen LogP contribution < -0.4 is 0 Å². The van der Waals surface area contributed by atoms with Gasteiger partial charge in [-0.1, -0.05) is 48.1 Å². The molecule has 0 radical (unpaired) electrons. The van der Waals surface area contributed by atoms with Crippen LogP contribution in [0.4, 0.5) is 0 Å². The summed E-state index contributed by atoms with van der Waals surface area (Å²) in [7, 11) is 1.52. The van der Waals surface area contributed by atoms with Crippen molar-refractivity contribution in [1.82, 2.24) is 0 Å². The fourth-order valence-electron chi connectivity index (χ4n) is 1.30. The number of oxime groups is 1. The third-order valence-electron chi connectivity index (χ3n) is 2.06. The second-order valence-corrected chi connectivity index (χ2v) is 3.34. The van der Waals surface area contributed by atoms with E-state index >= 15 is 0 Å². The van der Waals surface area contributed by atoms with Crippen LogP contribution in [0.5, 0.6) is 0 Å². The van der Waals surface area contributed by atoms with Crippen LogP contribution >= 0.6 is 0 Å². The van der Waals surface area contributed by atoms with Crippen LogP contribution in [0.25, 0.3) is 0 Å². The van der Waals surface area contributed by atoms with Gasteiger partial charge in [-0.05, 0) is 13.0 Å². The second kappa shape index (κ2) is 7.28. The van der Waals surface area contributed by atoms with Crippen LogP contribution in [-0.2, 0) is 9.57 Å². The molecule has 0 aromatic heterocycles. The number of allylic oxidation sites excluding steroid dienone is 2. The van der Waals surface area contributed by atoms with Crippen LogP contribution in [0.15, 0.2) is 60.0 Å². The molecule has 0 amide bonds. The lowest BCUT2D eigenvalue weighted by Crippen LogP contribution is -2.10. The molecule has 17 heavy (non-hydrogen) atoms. The van der Waals surface area contributed by atoms with Gasteiger partial charge in [-0.15, -0.1) is 0 Å². The maximum Gasteiger partial charge on any atom is 0.134 e. The Labute approximate surface area is 102 Å². The highest BCUT2D eigenvalue weighted by Crippen LogP contribution is 2.05. The zero-order valence-corrected chi connectivity index (χ0v) is 10.2. The lowest BCUT2D eigenvalue weighted by atomic mass is 10.1. The van der Waals surface area contributed by atoms with Gasteiger partial charge in [-0.25, -0.2) is 0 Å². The van der Waals surface area contributed by atoms with Crippen molar-refractivity contribution in [3.63, 3.8) is 0 Å². The maximum absolute atomic E-state index is 5.46. The maximum atomic E-state index is 5.46. The van der Waals surface area contributed by atoms with Crippen LogP contribution in [0.1, 0.15) is 12.5 Å². The van der Waals surface area contributed by atoms with Gasteiger partial charge in [0.1, 0.15) is 25.2 Å². The lowest BCUT2D eigenvalue weighted by molar-refractivity contribution is 0.206. The fourth-order valence-corrected chi connectivity index (χ4v) is 1.30. The quantitative estimate of drug-likeness (QED) is 0.326. The molecule has 3 nitrogen and oxygen atoms in total. The second-order valence-electron chi connectivity index (χ2n) is 3.34. The summed E-state index contributed by atoms with van der Waals surface area (Å²) in [5.74, 6) is 0.604. The first kappa shape index (κ1) is 13.0. The third kappa shape index (κ3) is 4.55. The van der Waals surface area contributed by atoms with E-state index in [9.17, 15) is 0 Å². The highest BCUT2D eigenvalue weighted by Gasteiger charge is 2.04. The molecule has 1 aromatic carbocycles. The normalized spacial score (nSPS) is 11.5. The van der Waals surface area contributed by atoms with Crippen molar-refractivity contribution in [3.05, 3.63) is 60.4 Å². The summed E-state index contributed by atoms with van der Waals surface area (Å²) >= 11 is 0. The van der Waals surface area contributed by atoms with Gasteiger partial charge < -0.3 is 9.57 Å². The molecule has 0 fully saturated rings.